The minimum atomic E-state index is -3.51. The van der Waals surface area contributed by atoms with Crippen LogP contribution in [0.1, 0.15) is 44.5 Å². The number of fused-ring (bicyclic) bond motifs is 20. The Balaban J connectivity index is 1.11. The third kappa shape index (κ3) is 4.09. The minimum absolute atomic E-state index is 0.535. The molecular formula is C56H34IOP. The van der Waals surface area contributed by atoms with Crippen molar-refractivity contribution >= 4 is 45.6 Å². The molecule has 2 spiro atoms. The molecule has 0 fully saturated rings. The van der Waals surface area contributed by atoms with Gasteiger partial charge in [0.25, 0.3) is 0 Å². The highest BCUT2D eigenvalue weighted by molar-refractivity contribution is 14.1. The van der Waals surface area contributed by atoms with E-state index >= 15 is 4.57 Å². The standard InChI is InChI=1S/C56H34IOP/c57-35-25-27-36(28-26-35)59(58,37-29-31-45-43-17-5-11-23-51(43)55(53(45)33-37)47-19-7-1-13-39(47)40-14-2-8-20-48(40)55)38-30-32-46-44-18-6-12-24-52(44)56(54(46)34-38)49-21-9-3-15-41(49)42-16-4-10-22-50(42)56/h1-34H. The molecule has 1 nitrogen and oxygen atoms in total. The van der Waals surface area contributed by atoms with Crippen LogP contribution >= 0.6 is 29.7 Å². The highest BCUT2D eigenvalue weighted by Crippen LogP contribution is 2.65. The average Bonchev–Trinajstić information content (AvgIpc) is 3.98. The van der Waals surface area contributed by atoms with Crippen LogP contribution in [0.3, 0.4) is 0 Å². The van der Waals surface area contributed by atoms with Gasteiger partial charge < -0.3 is 4.57 Å². The number of hydrogen-bond acceptors (Lipinski definition) is 1. The molecule has 4 aliphatic rings. The van der Waals surface area contributed by atoms with Crippen molar-refractivity contribution in [3.05, 3.63) is 254 Å². The highest BCUT2D eigenvalue weighted by atomic mass is 127. The van der Waals surface area contributed by atoms with Crippen molar-refractivity contribution in [2.75, 3.05) is 0 Å². The van der Waals surface area contributed by atoms with Gasteiger partial charge in [0.2, 0.25) is 0 Å². The predicted octanol–water partition coefficient (Wildman–Crippen LogP) is 12.6. The monoisotopic (exact) mass is 880 g/mol. The molecular weight excluding hydrogens is 846 g/mol. The van der Waals surface area contributed by atoms with Crippen molar-refractivity contribution in [1.82, 2.24) is 0 Å². The van der Waals surface area contributed by atoms with Gasteiger partial charge in [0.1, 0.15) is 0 Å². The summed E-state index contributed by atoms with van der Waals surface area (Å²) in [6.07, 6.45) is 0. The van der Waals surface area contributed by atoms with E-state index < -0.39 is 18.0 Å². The van der Waals surface area contributed by atoms with Crippen LogP contribution in [0.25, 0.3) is 44.5 Å². The van der Waals surface area contributed by atoms with Crippen LogP contribution in [-0.2, 0) is 15.4 Å². The predicted molar refractivity (Wildman–Crippen MR) is 251 cm³/mol. The van der Waals surface area contributed by atoms with E-state index in [2.05, 4.69) is 229 Å². The maximum atomic E-state index is 17.1. The summed E-state index contributed by atoms with van der Waals surface area (Å²) in [4.78, 5) is 0. The van der Waals surface area contributed by atoms with E-state index in [1.54, 1.807) is 0 Å². The molecule has 9 aromatic carbocycles. The number of halogens is 1. The lowest BCUT2D eigenvalue weighted by Crippen LogP contribution is -2.31. The van der Waals surface area contributed by atoms with Gasteiger partial charge in [0.15, 0.2) is 7.14 Å². The van der Waals surface area contributed by atoms with E-state index in [-0.39, 0.29) is 0 Å². The fourth-order valence-electron chi connectivity index (χ4n) is 11.7. The molecule has 0 heterocycles. The van der Waals surface area contributed by atoms with Crippen LogP contribution in [0.2, 0.25) is 0 Å². The fraction of sp³-hybridized carbons (Fsp3) is 0.0357. The van der Waals surface area contributed by atoms with Crippen LogP contribution in [0, 0.1) is 3.57 Å². The van der Waals surface area contributed by atoms with Gasteiger partial charge >= 0.3 is 0 Å². The SMILES string of the molecule is O=P(c1ccc(I)cc1)(c1ccc2c(c1)C1(c3ccccc3-c3ccccc31)c1ccccc1-2)c1ccc2c(c1)C1(c3ccccc3-c3ccccc31)c1ccccc1-2. The van der Waals surface area contributed by atoms with Crippen molar-refractivity contribution < 1.29 is 4.57 Å². The Hall–Kier alpha value is -6.06. The zero-order valence-electron chi connectivity index (χ0n) is 31.9. The van der Waals surface area contributed by atoms with Crippen molar-refractivity contribution in [2.45, 2.75) is 10.8 Å². The van der Waals surface area contributed by atoms with Crippen molar-refractivity contribution in [1.29, 1.82) is 0 Å². The maximum Gasteiger partial charge on any atom is 0.171 e. The smallest absolute Gasteiger partial charge is 0.171 e. The molecule has 3 heteroatoms. The van der Waals surface area contributed by atoms with Gasteiger partial charge in [-0.1, -0.05) is 170 Å². The van der Waals surface area contributed by atoms with Gasteiger partial charge in [-0.05, 0) is 148 Å². The largest absolute Gasteiger partial charge is 0.309 e. The molecule has 0 saturated carbocycles. The van der Waals surface area contributed by atoms with Crippen molar-refractivity contribution in [3.8, 4) is 44.5 Å². The Kier molecular flexibility index (Phi) is 6.89. The molecule has 0 aliphatic heterocycles. The zero-order valence-corrected chi connectivity index (χ0v) is 34.9. The lowest BCUT2D eigenvalue weighted by molar-refractivity contribution is 0.592. The van der Waals surface area contributed by atoms with Crippen LogP contribution in [0.4, 0.5) is 0 Å². The quantitative estimate of drug-likeness (QED) is 0.128. The van der Waals surface area contributed by atoms with Crippen LogP contribution in [-0.4, -0.2) is 0 Å². The normalized spacial score (nSPS) is 14.9. The molecule has 0 N–H and O–H groups in total. The maximum absolute atomic E-state index is 17.1. The Morgan fingerprint density at radius 1 is 0.288 bits per heavy atom. The average molecular weight is 881 g/mol. The molecule has 0 atom stereocenters. The van der Waals surface area contributed by atoms with Gasteiger partial charge in [0, 0.05) is 19.5 Å². The molecule has 59 heavy (non-hydrogen) atoms. The lowest BCUT2D eigenvalue weighted by atomic mass is 9.70. The lowest BCUT2D eigenvalue weighted by Gasteiger charge is -2.32. The van der Waals surface area contributed by atoms with Gasteiger partial charge in [-0.2, -0.15) is 0 Å². The summed E-state index contributed by atoms with van der Waals surface area (Å²) in [6.45, 7) is 0. The van der Waals surface area contributed by atoms with E-state index in [4.69, 9.17) is 0 Å². The second kappa shape index (κ2) is 12.0. The Morgan fingerprint density at radius 2 is 0.542 bits per heavy atom. The second-order valence-corrected chi connectivity index (χ2v) is 20.3. The first-order valence-corrected chi connectivity index (χ1v) is 23.1. The third-order valence-corrected chi connectivity index (χ3v) is 17.6. The van der Waals surface area contributed by atoms with Gasteiger partial charge in [-0.25, -0.2) is 0 Å². The van der Waals surface area contributed by atoms with E-state index in [0.29, 0.717) is 0 Å². The highest BCUT2D eigenvalue weighted by Gasteiger charge is 2.54. The van der Waals surface area contributed by atoms with Crippen molar-refractivity contribution in [3.63, 3.8) is 0 Å². The molecule has 9 aromatic rings. The van der Waals surface area contributed by atoms with E-state index in [9.17, 15) is 0 Å². The summed E-state index contributed by atoms with van der Waals surface area (Å²) >= 11 is 2.36. The van der Waals surface area contributed by atoms with Crippen LogP contribution in [0.5, 0.6) is 0 Å². The molecule has 0 aromatic heterocycles. The van der Waals surface area contributed by atoms with E-state index in [1.807, 2.05) is 0 Å². The fourth-order valence-corrected chi connectivity index (χ4v) is 14.7. The number of hydrogen-bond donors (Lipinski definition) is 0. The molecule has 0 radical (unpaired) electrons. The first-order valence-electron chi connectivity index (χ1n) is 20.3. The number of benzene rings is 9. The Morgan fingerprint density at radius 3 is 0.847 bits per heavy atom. The molecule has 0 saturated heterocycles. The van der Waals surface area contributed by atoms with Gasteiger partial charge in [0.05, 0.1) is 10.8 Å². The summed E-state index contributed by atoms with van der Waals surface area (Å²) in [5, 5.41) is 2.54. The molecule has 4 aliphatic carbocycles. The van der Waals surface area contributed by atoms with Crippen molar-refractivity contribution in [2.24, 2.45) is 0 Å². The second-order valence-electron chi connectivity index (χ2n) is 16.3. The summed E-state index contributed by atoms with van der Waals surface area (Å²) in [6, 6.07) is 75.3. The number of rotatable bonds is 3. The Labute approximate surface area is 357 Å². The first-order chi connectivity index (χ1) is 29.1. The zero-order chi connectivity index (χ0) is 39.1. The third-order valence-electron chi connectivity index (χ3n) is 13.9. The Bertz CT molecular complexity index is 3010. The molecule has 276 valence electrons. The first kappa shape index (κ1) is 33.9. The van der Waals surface area contributed by atoms with Gasteiger partial charge in [-0.3, -0.25) is 0 Å². The topological polar surface area (TPSA) is 17.1 Å². The van der Waals surface area contributed by atoms with Crippen LogP contribution < -0.4 is 15.9 Å². The van der Waals surface area contributed by atoms with Crippen LogP contribution in [0.15, 0.2) is 206 Å². The molecule has 0 amide bonds. The summed E-state index contributed by atoms with van der Waals surface area (Å²) in [5.74, 6) is 0. The minimum Gasteiger partial charge on any atom is -0.309 e. The summed E-state index contributed by atoms with van der Waals surface area (Å²) in [5.41, 5.74) is 18.9. The molecule has 0 bridgehead atoms. The molecule has 13 rings (SSSR count). The molecule has 0 unspecified atom stereocenters. The summed E-state index contributed by atoms with van der Waals surface area (Å²) in [7, 11) is -3.51. The van der Waals surface area contributed by atoms with E-state index in [0.717, 1.165) is 19.5 Å². The summed E-state index contributed by atoms with van der Waals surface area (Å²) < 4.78 is 18.2. The van der Waals surface area contributed by atoms with Gasteiger partial charge in [-0.15, -0.1) is 0 Å². The van der Waals surface area contributed by atoms with E-state index in [1.165, 1.54) is 89.0 Å².